The van der Waals surface area contributed by atoms with E-state index in [1.165, 1.54) is 32.1 Å². The molecule has 0 fully saturated rings. The van der Waals surface area contributed by atoms with Gasteiger partial charge in [0.15, 0.2) is 0 Å². The van der Waals surface area contributed by atoms with Gasteiger partial charge in [-0.15, -0.1) is 0 Å². The molecule has 3 nitrogen and oxygen atoms in total. The van der Waals surface area contributed by atoms with E-state index in [2.05, 4.69) is 13.8 Å². The molecule has 0 saturated carbocycles. The molecule has 2 aromatic carbocycles. The van der Waals surface area contributed by atoms with Crippen molar-refractivity contribution in [3.8, 4) is 5.75 Å². The van der Waals surface area contributed by atoms with Crippen molar-refractivity contribution >= 4 is 16.7 Å². The van der Waals surface area contributed by atoms with Crippen molar-refractivity contribution in [3.05, 3.63) is 42.0 Å². The summed E-state index contributed by atoms with van der Waals surface area (Å²) in [6.07, 6.45) is -0.298. The van der Waals surface area contributed by atoms with E-state index in [4.69, 9.17) is 9.84 Å². The van der Waals surface area contributed by atoms with Crippen LogP contribution in [0.2, 0.25) is 0 Å². The number of hydrogen-bond donors (Lipinski definition) is 1. The Morgan fingerprint density at radius 2 is 1.65 bits per heavy atom. The highest BCUT2D eigenvalue weighted by Gasteiger charge is 2.29. The molecule has 0 saturated heterocycles. The van der Waals surface area contributed by atoms with Crippen LogP contribution in [0.25, 0.3) is 10.8 Å². The van der Waals surface area contributed by atoms with Crippen LogP contribution in [0, 0.1) is 0 Å². The number of carboxylic acid groups (broad SMARTS) is 1. The Labute approximate surface area is 134 Å². The summed E-state index contributed by atoms with van der Waals surface area (Å²) in [5, 5.41) is 10.4. The zero-order valence-corrected chi connectivity index (χ0v) is 13.6. The maximum absolute atomic E-state index is 12.8. The van der Waals surface area contributed by atoms with Crippen molar-refractivity contribution in [3.63, 3.8) is 0 Å². The predicted molar refractivity (Wildman–Crippen MR) is 87.5 cm³/mol. The van der Waals surface area contributed by atoms with Crippen molar-refractivity contribution in [2.45, 2.75) is 39.0 Å². The third-order valence-electron chi connectivity index (χ3n) is 3.45. The maximum Gasteiger partial charge on any atom is 0.316 e. The molecular weight excluding hydrogens is 302 g/mol. The van der Waals surface area contributed by atoms with E-state index in [0.717, 1.165) is 5.39 Å². The largest absolute Gasteiger partial charge is 0.497 e. The highest BCUT2D eigenvalue weighted by molar-refractivity contribution is 5.86. The molecule has 5 heteroatoms. The molecule has 0 aliphatic rings. The van der Waals surface area contributed by atoms with Gasteiger partial charge in [-0.2, -0.15) is 0 Å². The van der Waals surface area contributed by atoms with Crippen LogP contribution >= 0.6 is 0 Å². The number of ether oxygens (including phenoxy) is 1. The molecule has 1 unspecified atom stereocenters. The number of aliphatic carboxylic acids is 1. The van der Waals surface area contributed by atoms with Gasteiger partial charge in [0.2, 0.25) is 0 Å². The van der Waals surface area contributed by atoms with Crippen LogP contribution in [0.4, 0.5) is 8.78 Å². The third kappa shape index (κ3) is 5.20. The van der Waals surface area contributed by atoms with Gasteiger partial charge in [-0.05, 0) is 28.5 Å². The lowest BCUT2D eigenvalue weighted by atomic mass is 9.96. The molecule has 126 valence electrons. The zero-order valence-electron chi connectivity index (χ0n) is 13.6. The smallest absolute Gasteiger partial charge is 0.316 e. The van der Waals surface area contributed by atoms with Crippen LogP contribution < -0.4 is 4.74 Å². The average Bonchev–Trinajstić information content (AvgIpc) is 2.54. The Morgan fingerprint density at radius 1 is 1.09 bits per heavy atom. The molecule has 1 atom stereocenters. The first-order valence-electron chi connectivity index (χ1n) is 7.53. The number of methoxy groups -OCH3 is 1. The first-order chi connectivity index (χ1) is 10.9. The van der Waals surface area contributed by atoms with Gasteiger partial charge in [0, 0.05) is 0 Å². The summed E-state index contributed by atoms with van der Waals surface area (Å²) in [7, 11) is 1.53. The van der Waals surface area contributed by atoms with Gasteiger partial charge in [-0.25, -0.2) is 8.78 Å². The van der Waals surface area contributed by atoms with Crippen molar-refractivity contribution in [2.24, 2.45) is 0 Å². The fourth-order valence-electron chi connectivity index (χ4n) is 1.96. The van der Waals surface area contributed by atoms with E-state index in [0.29, 0.717) is 11.1 Å². The second-order valence-corrected chi connectivity index (χ2v) is 5.12. The van der Waals surface area contributed by atoms with Crippen molar-refractivity contribution in [2.75, 3.05) is 7.11 Å². The molecule has 0 amide bonds. The second kappa shape index (κ2) is 9.08. The summed E-state index contributed by atoms with van der Waals surface area (Å²) in [5.41, 5.74) is 0.0974. The van der Waals surface area contributed by atoms with Gasteiger partial charge in [-0.3, -0.25) is 4.79 Å². The molecule has 2 rings (SSSR count). The van der Waals surface area contributed by atoms with Crippen molar-refractivity contribution < 1.29 is 23.4 Å². The Bertz CT molecular complexity index is 639. The molecule has 0 aliphatic heterocycles. The van der Waals surface area contributed by atoms with Crippen LogP contribution in [0.15, 0.2) is 36.4 Å². The normalized spacial score (nSPS) is 11.7. The lowest BCUT2D eigenvalue weighted by Gasteiger charge is -2.12. The Hall–Kier alpha value is -2.17. The summed E-state index contributed by atoms with van der Waals surface area (Å²) in [5.74, 6) is -2.67. The van der Waals surface area contributed by atoms with Gasteiger partial charge in [0.05, 0.1) is 7.11 Å². The van der Waals surface area contributed by atoms with Crippen molar-refractivity contribution in [1.29, 1.82) is 0 Å². The van der Waals surface area contributed by atoms with E-state index in [1.54, 1.807) is 24.3 Å². The van der Waals surface area contributed by atoms with E-state index in [9.17, 15) is 13.6 Å². The Morgan fingerprint density at radius 3 is 2.13 bits per heavy atom. The van der Waals surface area contributed by atoms with Crippen LogP contribution in [0.1, 0.15) is 38.2 Å². The lowest BCUT2D eigenvalue weighted by Crippen LogP contribution is -2.19. The molecule has 0 spiro atoms. The molecule has 23 heavy (non-hydrogen) atoms. The van der Waals surface area contributed by atoms with E-state index in [-0.39, 0.29) is 5.56 Å². The van der Waals surface area contributed by atoms with Crippen molar-refractivity contribution in [1.82, 2.24) is 0 Å². The lowest BCUT2D eigenvalue weighted by molar-refractivity contribution is -0.142. The van der Waals surface area contributed by atoms with E-state index < -0.39 is 18.3 Å². The number of halogens is 2. The van der Waals surface area contributed by atoms with Crippen LogP contribution in [0.3, 0.4) is 0 Å². The number of fused-ring (bicyclic) bond motifs is 1. The molecule has 2 aromatic rings. The fraction of sp³-hybridized carbons (Fsp3) is 0.389. The van der Waals surface area contributed by atoms with Gasteiger partial charge < -0.3 is 9.84 Å². The number of benzene rings is 2. The molecule has 0 aliphatic carbocycles. The Balaban J connectivity index is 0.000000593. The SMILES string of the molecule is CCCC.COc1ccc2cc(C(C(=O)O)C(F)F)ccc2c1. The third-order valence-corrected chi connectivity index (χ3v) is 3.45. The molecule has 1 N–H and O–H groups in total. The average molecular weight is 324 g/mol. The number of rotatable bonds is 5. The second-order valence-electron chi connectivity index (χ2n) is 5.12. The predicted octanol–water partition coefficient (Wildman–Crippen LogP) is 5.09. The van der Waals surface area contributed by atoms with Gasteiger partial charge in [0.25, 0.3) is 6.43 Å². The molecule has 0 radical (unpaired) electrons. The number of alkyl halides is 2. The Kier molecular flexibility index (Phi) is 7.45. The number of carboxylic acids is 1. The minimum atomic E-state index is -2.94. The molecular formula is C18H22F2O3. The van der Waals surface area contributed by atoms with Gasteiger partial charge >= 0.3 is 5.97 Å². The van der Waals surface area contributed by atoms with Crippen LogP contribution in [0.5, 0.6) is 5.75 Å². The highest BCUT2D eigenvalue weighted by Crippen LogP contribution is 2.28. The number of hydrogen-bond acceptors (Lipinski definition) is 2. The highest BCUT2D eigenvalue weighted by atomic mass is 19.3. The summed E-state index contributed by atoms with van der Waals surface area (Å²) >= 11 is 0. The topological polar surface area (TPSA) is 46.5 Å². The molecule has 0 bridgehead atoms. The summed E-state index contributed by atoms with van der Waals surface area (Å²) in [6, 6.07) is 9.67. The van der Waals surface area contributed by atoms with Crippen LogP contribution in [-0.2, 0) is 4.79 Å². The van der Waals surface area contributed by atoms with Gasteiger partial charge in [-0.1, -0.05) is 51.0 Å². The maximum atomic E-state index is 12.8. The van der Waals surface area contributed by atoms with E-state index in [1.807, 2.05) is 0 Å². The quantitative estimate of drug-likeness (QED) is 0.833. The summed E-state index contributed by atoms with van der Waals surface area (Å²) in [4.78, 5) is 10.9. The first-order valence-corrected chi connectivity index (χ1v) is 7.53. The first kappa shape index (κ1) is 18.9. The summed E-state index contributed by atoms with van der Waals surface area (Å²) < 4.78 is 30.6. The number of unbranched alkanes of at least 4 members (excludes halogenated alkanes) is 1. The minimum absolute atomic E-state index is 0.0974. The monoisotopic (exact) mass is 324 g/mol. The minimum Gasteiger partial charge on any atom is -0.497 e. The number of carbonyl (C=O) groups is 1. The van der Waals surface area contributed by atoms with Crippen LogP contribution in [-0.4, -0.2) is 24.6 Å². The zero-order chi connectivity index (χ0) is 17.4. The van der Waals surface area contributed by atoms with E-state index >= 15 is 0 Å². The molecule has 0 heterocycles. The fourth-order valence-corrected chi connectivity index (χ4v) is 1.96. The molecule has 0 aromatic heterocycles. The standard InChI is InChI=1S/C14H12F2O3.C4H10/c1-19-11-5-4-8-6-10(3-2-9(8)7-11)12(13(15)16)14(17)18;1-3-4-2/h2-7,12-13H,1H3,(H,17,18);3-4H2,1-2H3. The van der Waals surface area contributed by atoms with Gasteiger partial charge in [0.1, 0.15) is 11.7 Å². The summed E-state index contributed by atoms with van der Waals surface area (Å²) in [6.45, 7) is 4.36.